The lowest BCUT2D eigenvalue weighted by Gasteiger charge is -2.32. The highest BCUT2D eigenvalue weighted by Crippen LogP contribution is 2.30. The summed E-state index contributed by atoms with van der Waals surface area (Å²) in [5, 5.41) is 3.49. The van der Waals surface area contributed by atoms with Crippen molar-refractivity contribution in [2.75, 3.05) is 62.3 Å². The summed E-state index contributed by atoms with van der Waals surface area (Å²) in [4.78, 5) is 9.44. The van der Waals surface area contributed by atoms with Crippen molar-refractivity contribution in [1.29, 1.82) is 0 Å². The predicted octanol–water partition coefficient (Wildman–Crippen LogP) is 2.79. The Morgan fingerprint density at radius 1 is 1.00 bits per heavy atom. The molecule has 138 valence electrons. The molecular weight excluding hydrogens is 355 g/mol. The zero-order valence-corrected chi connectivity index (χ0v) is 15.3. The number of rotatable bonds is 3. The molecule has 5 nitrogen and oxygen atoms in total. The molecule has 4 rings (SSSR count). The molecule has 7 heteroatoms. The van der Waals surface area contributed by atoms with Gasteiger partial charge in [-0.2, -0.15) is 0 Å². The zero-order chi connectivity index (χ0) is 17.9. The summed E-state index contributed by atoms with van der Waals surface area (Å²) in [6.07, 6.45) is 0. The molecule has 2 aromatic rings. The van der Waals surface area contributed by atoms with Gasteiger partial charge in [-0.3, -0.25) is 0 Å². The van der Waals surface area contributed by atoms with Crippen molar-refractivity contribution in [3.8, 4) is 11.3 Å². The molecule has 0 aliphatic carbocycles. The number of morpholine rings is 1. The molecule has 1 aromatic carbocycles. The summed E-state index contributed by atoms with van der Waals surface area (Å²) in [5.41, 5.74) is 2.77. The summed E-state index contributed by atoms with van der Waals surface area (Å²) in [6.45, 7) is 6.89. The lowest BCUT2D eigenvalue weighted by molar-refractivity contribution is 0.122. The molecular formula is C19H22ClFN4O. The van der Waals surface area contributed by atoms with E-state index in [1.54, 1.807) is 12.1 Å². The number of pyridine rings is 1. The number of piperazine rings is 1. The standard InChI is InChI=1S/C19H22ClFN4O/c20-16-11-14(1-2-17(16)21)18-12-15(24-5-3-22-4-6-24)13-19(23-18)25-7-9-26-10-8-25/h1-2,11-13,22H,3-10H2. The van der Waals surface area contributed by atoms with Crippen LogP contribution in [-0.2, 0) is 4.74 Å². The lowest BCUT2D eigenvalue weighted by Crippen LogP contribution is -2.43. The van der Waals surface area contributed by atoms with E-state index >= 15 is 0 Å². The Morgan fingerprint density at radius 3 is 2.50 bits per heavy atom. The number of hydrogen-bond acceptors (Lipinski definition) is 5. The second kappa shape index (κ2) is 7.78. The quantitative estimate of drug-likeness (QED) is 0.892. The third kappa shape index (κ3) is 3.77. The Labute approximate surface area is 157 Å². The highest BCUT2D eigenvalue weighted by Gasteiger charge is 2.18. The summed E-state index contributed by atoms with van der Waals surface area (Å²) < 4.78 is 19.0. The fourth-order valence-electron chi connectivity index (χ4n) is 3.37. The van der Waals surface area contributed by atoms with Gasteiger partial charge in [0.05, 0.1) is 23.9 Å². The van der Waals surface area contributed by atoms with E-state index in [4.69, 9.17) is 21.3 Å². The maximum atomic E-state index is 13.6. The highest BCUT2D eigenvalue weighted by molar-refractivity contribution is 6.31. The number of ether oxygens (including phenoxy) is 1. The smallest absolute Gasteiger partial charge is 0.141 e. The Hall–Kier alpha value is -1.89. The van der Waals surface area contributed by atoms with Crippen LogP contribution in [-0.4, -0.2) is 57.5 Å². The van der Waals surface area contributed by atoms with Gasteiger partial charge in [-0.25, -0.2) is 9.37 Å². The van der Waals surface area contributed by atoms with Crippen molar-refractivity contribution in [3.05, 3.63) is 41.2 Å². The minimum Gasteiger partial charge on any atom is -0.378 e. The van der Waals surface area contributed by atoms with Gasteiger partial charge >= 0.3 is 0 Å². The van der Waals surface area contributed by atoms with Crippen molar-refractivity contribution < 1.29 is 9.13 Å². The van der Waals surface area contributed by atoms with Crippen LogP contribution in [0.15, 0.2) is 30.3 Å². The molecule has 0 spiro atoms. The lowest BCUT2D eigenvalue weighted by atomic mass is 10.1. The van der Waals surface area contributed by atoms with E-state index in [1.165, 1.54) is 6.07 Å². The van der Waals surface area contributed by atoms with Crippen LogP contribution in [0.5, 0.6) is 0 Å². The maximum absolute atomic E-state index is 13.6. The van der Waals surface area contributed by atoms with Gasteiger partial charge in [-0.1, -0.05) is 11.6 Å². The van der Waals surface area contributed by atoms with Crippen LogP contribution in [0.25, 0.3) is 11.3 Å². The molecule has 2 fully saturated rings. The molecule has 2 saturated heterocycles. The van der Waals surface area contributed by atoms with E-state index in [-0.39, 0.29) is 5.02 Å². The zero-order valence-electron chi connectivity index (χ0n) is 14.5. The molecule has 2 aliphatic rings. The fourth-order valence-corrected chi connectivity index (χ4v) is 3.55. The van der Waals surface area contributed by atoms with Crippen LogP contribution in [0.1, 0.15) is 0 Å². The molecule has 3 heterocycles. The molecule has 0 atom stereocenters. The Morgan fingerprint density at radius 2 is 1.77 bits per heavy atom. The molecule has 26 heavy (non-hydrogen) atoms. The van der Waals surface area contributed by atoms with Crippen molar-refractivity contribution in [3.63, 3.8) is 0 Å². The van der Waals surface area contributed by atoms with E-state index in [2.05, 4.69) is 27.2 Å². The van der Waals surface area contributed by atoms with E-state index in [0.29, 0.717) is 13.2 Å². The summed E-state index contributed by atoms with van der Waals surface area (Å²) in [7, 11) is 0. The van der Waals surface area contributed by atoms with Gasteiger partial charge in [0.2, 0.25) is 0 Å². The number of benzene rings is 1. The molecule has 0 radical (unpaired) electrons. The van der Waals surface area contributed by atoms with E-state index in [1.807, 2.05) is 0 Å². The first-order valence-electron chi connectivity index (χ1n) is 8.96. The van der Waals surface area contributed by atoms with Crippen molar-refractivity contribution in [1.82, 2.24) is 10.3 Å². The van der Waals surface area contributed by atoms with Crippen LogP contribution < -0.4 is 15.1 Å². The number of nitrogens with one attached hydrogen (secondary N) is 1. The van der Waals surface area contributed by atoms with Crippen LogP contribution >= 0.6 is 11.6 Å². The molecule has 0 unspecified atom stereocenters. The number of hydrogen-bond donors (Lipinski definition) is 1. The Bertz CT molecular complexity index is 740. The summed E-state index contributed by atoms with van der Waals surface area (Å²) in [6, 6.07) is 8.98. The SMILES string of the molecule is Fc1ccc(-c2cc(N3CCNCC3)cc(N3CCOCC3)n2)cc1Cl. The van der Waals surface area contributed by atoms with Gasteiger partial charge in [-0.15, -0.1) is 0 Å². The van der Waals surface area contributed by atoms with Gasteiger partial charge in [0, 0.05) is 56.6 Å². The third-order valence-electron chi connectivity index (χ3n) is 4.83. The first-order chi connectivity index (χ1) is 12.7. The van der Waals surface area contributed by atoms with E-state index in [9.17, 15) is 4.39 Å². The molecule has 1 aromatic heterocycles. The first-order valence-corrected chi connectivity index (χ1v) is 9.34. The average molecular weight is 377 g/mol. The van der Waals surface area contributed by atoms with Crippen LogP contribution in [0.3, 0.4) is 0 Å². The second-order valence-corrected chi connectivity index (χ2v) is 6.94. The molecule has 0 bridgehead atoms. The van der Waals surface area contributed by atoms with Crippen LogP contribution in [0, 0.1) is 5.82 Å². The normalized spacial score (nSPS) is 18.2. The van der Waals surface area contributed by atoms with E-state index in [0.717, 1.165) is 62.0 Å². The number of anilines is 2. The van der Waals surface area contributed by atoms with Crippen LogP contribution in [0.4, 0.5) is 15.9 Å². The fraction of sp³-hybridized carbons (Fsp3) is 0.421. The van der Waals surface area contributed by atoms with Gasteiger partial charge < -0.3 is 19.9 Å². The number of nitrogens with zero attached hydrogens (tertiary/aromatic N) is 3. The molecule has 0 saturated carbocycles. The summed E-state index contributed by atoms with van der Waals surface area (Å²) in [5.74, 6) is 0.516. The second-order valence-electron chi connectivity index (χ2n) is 6.53. The highest BCUT2D eigenvalue weighted by atomic mass is 35.5. The first kappa shape index (κ1) is 17.5. The van der Waals surface area contributed by atoms with Crippen molar-refractivity contribution in [2.45, 2.75) is 0 Å². The molecule has 2 aliphatic heterocycles. The minimum atomic E-state index is -0.415. The molecule has 0 amide bonds. The van der Waals surface area contributed by atoms with E-state index < -0.39 is 5.82 Å². The van der Waals surface area contributed by atoms with Gasteiger partial charge in [0.25, 0.3) is 0 Å². The largest absolute Gasteiger partial charge is 0.378 e. The van der Waals surface area contributed by atoms with Crippen LogP contribution in [0.2, 0.25) is 5.02 Å². The van der Waals surface area contributed by atoms with Gasteiger partial charge in [-0.05, 0) is 24.3 Å². The van der Waals surface area contributed by atoms with Gasteiger partial charge in [0.15, 0.2) is 0 Å². The average Bonchev–Trinajstić information content (AvgIpc) is 2.71. The monoisotopic (exact) mass is 376 g/mol. The summed E-state index contributed by atoms with van der Waals surface area (Å²) >= 11 is 5.99. The topological polar surface area (TPSA) is 40.6 Å². The van der Waals surface area contributed by atoms with Crippen molar-refractivity contribution >= 4 is 23.1 Å². The minimum absolute atomic E-state index is 0.116. The Balaban J connectivity index is 1.74. The van der Waals surface area contributed by atoms with Gasteiger partial charge in [0.1, 0.15) is 11.6 Å². The maximum Gasteiger partial charge on any atom is 0.141 e. The third-order valence-corrected chi connectivity index (χ3v) is 5.12. The Kier molecular flexibility index (Phi) is 5.24. The predicted molar refractivity (Wildman–Crippen MR) is 103 cm³/mol. The molecule has 1 N–H and O–H groups in total. The van der Waals surface area contributed by atoms with Crippen molar-refractivity contribution in [2.24, 2.45) is 0 Å². The number of aromatic nitrogens is 1. The number of halogens is 2.